The number of rotatable bonds is 3. The van der Waals surface area contributed by atoms with Gasteiger partial charge in [0.15, 0.2) is 0 Å². The zero-order valence-corrected chi connectivity index (χ0v) is 14.6. The minimum absolute atomic E-state index is 0.169. The fourth-order valence-corrected chi connectivity index (χ4v) is 3.65. The smallest absolute Gasteiger partial charge is 0.213 e. The second-order valence-electron chi connectivity index (χ2n) is 7.00. The van der Waals surface area contributed by atoms with Gasteiger partial charge in [0.05, 0.1) is 17.2 Å². The van der Waals surface area contributed by atoms with Crippen molar-refractivity contribution in [1.82, 2.24) is 9.88 Å². The highest BCUT2D eigenvalue weighted by atomic mass is 35.5. The molecule has 0 aromatic carbocycles. The van der Waals surface area contributed by atoms with Crippen LogP contribution in [0.2, 0.25) is 5.02 Å². The van der Waals surface area contributed by atoms with Gasteiger partial charge in [-0.1, -0.05) is 11.6 Å². The van der Waals surface area contributed by atoms with Crippen LogP contribution in [0.3, 0.4) is 0 Å². The largest absolute Gasteiger partial charge is 0.376 e. The summed E-state index contributed by atoms with van der Waals surface area (Å²) in [5, 5.41) is 0.357. The molecule has 3 rings (SSSR count). The lowest BCUT2D eigenvalue weighted by atomic mass is 9.87. The molecule has 0 saturated carbocycles. The molecule has 0 spiro atoms. The summed E-state index contributed by atoms with van der Waals surface area (Å²) in [6.45, 7) is 5.70. The Kier molecular flexibility index (Phi) is 4.92. The average molecular weight is 355 g/mol. The Bertz CT molecular complexity index is 688. The molecule has 0 N–H and O–H groups in total. The lowest BCUT2D eigenvalue weighted by molar-refractivity contribution is -0.0748. The molecule has 6 heteroatoms. The molecule has 0 aliphatic carbocycles. The van der Waals surface area contributed by atoms with Gasteiger partial charge in [0, 0.05) is 36.7 Å². The number of hydrogen-bond donors (Lipinski definition) is 0. The first-order valence-corrected chi connectivity index (χ1v) is 8.48. The van der Waals surface area contributed by atoms with Crippen LogP contribution in [0.4, 0.5) is 8.78 Å². The van der Waals surface area contributed by atoms with Crippen LogP contribution >= 0.6 is 11.6 Å². The molecule has 1 aromatic rings. The Hall–Kier alpha value is -1.46. The summed E-state index contributed by atoms with van der Waals surface area (Å²) in [6, 6.07) is 1.30. The second-order valence-corrected chi connectivity index (χ2v) is 7.41. The Morgan fingerprint density at radius 1 is 1.38 bits per heavy atom. The molecule has 0 bridgehead atoms. The van der Waals surface area contributed by atoms with Crippen molar-refractivity contribution in [3.63, 3.8) is 0 Å². The fourth-order valence-electron chi connectivity index (χ4n) is 3.45. The van der Waals surface area contributed by atoms with E-state index < -0.39 is 5.95 Å². The standard InChI is InChI=1S/C18H21ClF2N2O/c1-18(2)8-12(5-6-24-18)10-23-11-13(20)3-4-16(23)14-7-17(21)22-9-15(14)19/h3-4,7,9,12H,5-6,8,10-11H2,1-2H3. The van der Waals surface area contributed by atoms with Crippen LogP contribution in [-0.2, 0) is 4.74 Å². The van der Waals surface area contributed by atoms with Crippen LogP contribution in [0.15, 0.2) is 30.2 Å². The molecule has 3 nitrogen and oxygen atoms in total. The zero-order chi connectivity index (χ0) is 17.3. The molecule has 1 aromatic heterocycles. The Balaban J connectivity index is 1.85. The topological polar surface area (TPSA) is 25.4 Å². The molecule has 3 heterocycles. The number of allylic oxidation sites excluding steroid dienone is 2. The van der Waals surface area contributed by atoms with Gasteiger partial charge in [-0.3, -0.25) is 0 Å². The maximum Gasteiger partial charge on any atom is 0.213 e. The Morgan fingerprint density at radius 2 is 2.17 bits per heavy atom. The third kappa shape index (κ3) is 3.95. The zero-order valence-electron chi connectivity index (χ0n) is 13.9. The van der Waals surface area contributed by atoms with Crippen molar-refractivity contribution in [3.05, 3.63) is 46.8 Å². The van der Waals surface area contributed by atoms with Gasteiger partial charge in [0.25, 0.3) is 0 Å². The van der Waals surface area contributed by atoms with E-state index in [0.29, 0.717) is 29.7 Å². The summed E-state index contributed by atoms with van der Waals surface area (Å²) in [4.78, 5) is 5.49. The van der Waals surface area contributed by atoms with E-state index in [1.54, 1.807) is 6.08 Å². The molecule has 130 valence electrons. The van der Waals surface area contributed by atoms with E-state index in [4.69, 9.17) is 16.3 Å². The highest BCUT2D eigenvalue weighted by molar-refractivity contribution is 6.32. The molecule has 0 radical (unpaired) electrons. The van der Waals surface area contributed by atoms with Gasteiger partial charge < -0.3 is 9.64 Å². The molecule has 0 amide bonds. The van der Waals surface area contributed by atoms with Crippen LogP contribution < -0.4 is 0 Å². The molecule has 2 aliphatic heterocycles. The number of ether oxygens (including phenoxy) is 1. The SMILES string of the molecule is CC1(C)CC(CN2CC(F)=CC=C2c2cc(F)ncc2Cl)CCO1. The van der Waals surface area contributed by atoms with Crippen LogP contribution in [0.25, 0.3) is 5.70 Å². The van der Waals surface area contributed by atoms with E-state index in [-0.39, 0.29) is 18.0 Å². The summed E-state index contributed by atoms with van der Waals surface area (Å²) in [5.41, 5.74) is 1.10. The van der Waals surface area contributed by atoms with Crippen LogP contribution in [0.5, 0.6) is 0 Å². The van der Waals surface area contributed by atoms with E-state index in [1.807, 2.05) is 4.90 Å². The van der Waals surface area contributed by atoms with Crippen LogP contribution in [0.1, 0.15) is 32.3 Å². The van der Waals surface area contributed by atoms with Gasteiger partial charge >= 0.3 is 0 Å². The van der Waals surface area contributed by atoms with Gasteiger partial charge in [0.2, 0.25) is 5.95 Å². The van der Waals surface area contributed by atoms with Crippen molar-refractivity contribution in [1.29, 1.82) is 0 Å². The first kappa shape index (κ1) is 17.4. The summed E-state index contributed by atoms with van der Waals surface area (Å²) in [7, 11) is 0. The molecule has 1 saturated heterocycles. The normalized spacial score (nSPS) is 23.7. The third-order valence-corrected chi connectivity index (χ3v) is 4.78. The number of hydrogen-bond acceptors (Lipinski definition) is 3. The number of nitrogens with zero attached hydrogens (tertiary/aromatic N) is 2. The van der Waals surface area contributed by atoms with E-state index in [9.17, 15) is 8.78 Å². The first-order chi connectivity index (χ1) is 11.3. The van der Waals surface area contributed by atoms with Crippen molar-refractivity contribution in [2.24, 2.45) is 5.92 Å². The molecule has 1 unspecified atom stereocenters. The molecular formula is C18H21ClF2N2O. The molecule has 24 heavy (non-hydrogen) atoms. The maximum atomic E-state index is 13.8. The summed E-state index contributed by atoms with van der Waals surface area (Å²) >= 11 is 6.19. The predicted molar refractivity (Wildman–Crippen MR) is 90.7 cm³/mol. The van der Waals surface area contributed by atoms with Crippen molar-refractivity contribution in [2.45, 2.75) is 32.3 Å². The molecule has 2 aliphatic rings. The van der Waals surface area contributed by atoms with E-state index in [2.05, 4.69) is 18.8 Å². The number of aromatic nitrogens is 1. The van der Waals surface area contributed by atoms with Gasteiger partial charge in [0.1, 0.15) is 5.83 Å². The molecular weight excluding hydrogens is 334 g/mol. The van der Waals surface area contributed by atoms with E-state index in [0.717, 1.165) is 18.5 Å². The first-order valence-electron chi connectivity index (χ1n) is 8.11. The monoisotopic (exact) mass is 354 g/mol. The fraction of sp³-hybridized carbons (Fsp3) is 0.500. The highest BCUT2D eigenvalue weighted by Gasteiger charge is 2.31. The van der Waals surface area contributed by atoms with Crippen molar-refractivity contribution in [2.75, 3.05) is 19.7 Å². The number of pyridine rings is 1. The van der Waals surface area contributed by atoms with Gasteiger partial charge in [-0.15, -0.1) is 0 Å². The molecule has 1 atom stereocenters. The Morgan fingerprint density at radius 3 is 2.92 bits per heavy atom. The van der Waals surface area contributed by atoms with Crippen LogP contribution in [0, 0.1) is 11.9 Å². The van der Waals surface area contributed by atoms with E-state index >= 15 is 0 Å². The average Bonchev–Trinajstić information content (AvgIpc) is 2.49. The highest BCUT2D eigenvalue weighted by Crippen LogP contribution is 2.34. The lowest BCUT2D eigenvalue weighted by Gasteiger charge is -2.39. The van der Waals surface area contributed by atoms with Gasteiger partial charge in [-0.05, 0) is 44.8 Å². The summed E-state index contributed by atoms with van der Waals surface area (Å²) in [6.07, 6.45) is 6.19. The summed E-state index contributed by atoms with van der Waals surface area (Å²) < 4.78 is 33.1. The minimum atomic E-state index is -0.600. The second kappa shape index (κ2) is 6.81. The lowest BCUT2D eigenvalue weighted by Crippen LogP contribution is -2.40. The quantitative estimate of drug-likeness (QED) is 0.742. The number of halogens is 3. The third-order valence-electron chi connectivity index (χ3n) is 4.48. The van der Waals surface area contributed by atoms with Crippen molar-refractivity contribution < 1.29 is 13.5 Å². The molecule has 1 fully saturated rings. The van der Waals surface area contributed by atoms with E-state index in [1.165, 1.54) is 18.3 Å². The maximum absolute atomic E-state index is 13.8. The van der Waals surface area contributed by atoms with Gasteiger partial charge in [-0.25, -0.2) is 9.37 Å². The minimum Gasteiger partial charge on any atom is -0.376 e. The van der Waals surface area contributed by atoms with Crippen molar-refractivity contribution in [3.8, 4) is 0 Å². The predicted octanol–water partition coefficient (Wildman–Crippen LogP) is 4.59. The summed E-state index contributed by atoms with van der Waals surface area (Å²) in [5.74, 6) is -0.429. The van der Waals surface area contributed by atoms with Crippen molar-refractivity contribution >= 4 is 17.3 Å². The van der Waals surface area contributed by atoms with Gasteiger partial charge in [-0.2, -0.15) is 4.39 Å². The Labute approximate surface area is 146 Å². The van der Waals surface area contributed by atoms with Crippen LogP contribution in [-0.4, -0.2) is 35.2 Å².